The minimum atomic E-state index is -2.11. The van der Waals surface area contributed by atoms with Gasteiger partial charge in [0.1, 0.15) is 0 Å². The molecule has 0 amide bonds. The molecule has 0 saturated carbocycles. The predicted octanol–water partition coefficient (Wildman–Crippen LogP) is 5.56. The molecular formula is C16H35NO3. The summed E-state index contributed by atoms with van der Waals surface area (Å²) >= 11 is 0. The second-order valence-corrected chi connectivity index (χ2v) is 6.00. The predicted molar refractivity (Wildman–Crippen MR) is 82.4 cm³/mol. The summed E-state index contributed by atoms with van der Waals surface area (Å²) in [6.07, 6.45) is 14.5. The number of unbranched alkanes of at least 4 members (excludes halogenated alkanes) is 9. The second kappa shape index (κ2) is 12.6. The molecule has 0 aromatic heterocycles. The molecule has 0 aliphatic heterocycles. The normalized spacial score (nSPS) is 13.7. The van der Waals surface area contributed by atoms with E-state index in [4.69, 9.17) is 10.4 Å². The zero-order chi connectivity index (χ0) is 15.3. The molecule has 20 heavy (non-hydrogen) atoms. The topological polar surface area (TPSA) is 63.5 Å². The van der Waals surface area contributed by atoms with E-state index in [1.807, 2.05) is 6.92 Å². The van der Waals surface area contributed by atoms with Crippen molar-refractivity contribution in [1.29, 1.82) is 0 Å². The average molecular weight is 289 g/mol. The Labute approximate surface area is 124 Å². The minimum absolute atomic E-state index is 0.575. The van der Waals surface area contributed by atoms with Crippen LogP contribution in [0.3, 0.4) is 0 Å². The first-order chi connectivity index (χ1) is 9.52. The fourth-order valence-corrected chi connectivity index (χ4v) is 2.68. The molecule has 4 heteroatoms. The van der Waals surface area contributed by atoms with E-state index in [2.05, 4.69) is 6.92 Å². The van der Waals surface area contributed by atoms with Gasteiger partial charge < -0.3 is 5.21 Å². The minimum Gasteiger partial charge on any atom is -0.564 e. The average Bonchev–Trinajstić information content (AvgIpc) is 2.38. The van der Waals surface area contributed by atoms with Crippen molar-refractivity contribution in [2.75, 3.05) is 0 Å². The molecule has 0 radical (unpaired) electrons. The maximum absolute atomic E-state index is 11.1. The summed E-state index contributed by atoms with van der Waals surface area (Å²) in [5.74, 6) is 0. The molecule has 0 aliphatic carbocycles. The van der Waals surface area contributed by atoms with Gasteiger partial charge in [-0.3, -0.25) is 0 Å². The van der Waals surface area contributed by atoms with Gasteiger partial charge in [-0.2, -0.15) is 10.4 Å². The maximum atomic E-state index is 11.1. The highest BCUT2D eigenvalue weighted by molar-refractivity contribution is 4.57. The van der Waals surface area contributed by atoms with Crippen molar-refractivity contribution in [2.45, 2.75) is 103 Å². The lowest BCUT2D eigenvalue weighted by Gasteiger charge is -2.32. The Hall–Kier alpha value is -0.160. The number of quaternary nitrogens is 1. The molecule has 1 unspecified atom stereocenters. The first-order valence-corrected chi connectivity index (χ1v) is 8.57. The van der Waals surface area contributed by atoms with Crippen LogP contribution in [-0.2, 0) is 0 Å². The Kier molecular flexibility index (Phi) is 12.5. The highest BCUT2D eigenvalue weighted by Crippen LogP contribution is 2.18. The van der Waals surface area contributed by atoms with Crippen LogP contribution in [0.4, 0.5) is 0 Å². The molecule has 0 bridgehead atoms. The van der Waals surface area contributed by atoms with Crippen LogP contribution in [0.15, 0.2) is 0 Å². The maximum Gasteiger partial charge on any atom is 0.152 e. The van der Waals surface area contributed by atoms with Gasteiger partial charge >= 0.3 is 0 Å². The summed E-state index contributed by atoms with van der Waals surface area (Å²) in [5, 5.41) is 29.3. The van der Waals surface area contributed by atoms with Crippen LogP contribution < -0.4 is 0 Å². The Bertz CT molecular complexity index is 204. The summed E-state index contributed by atoms with van der Waals surface area (Å²) < 4.78 is 0. The Morgan fingerprint density at radius 3 is 1.55 bits per heavy atom. The molecule has 4 nitrogen and oxygen atoms in total. The Morgan fingerprint density at radius 2 is 1.15 bits per heavy atom. The lowest BCUT2D eigenvalue weighted by Crippen LogP contribution is -2.44. The Morgan fingerprint density at radius 1 is 0.700 bits per heavy atom. The quantitative estimate of drug-likeness (QED) is 0.250. The number of hydrogen-bond donors (Lipinski definition) is 2. The van der Waals surface area contributed by atoms with E-state index in [1.165, 1.54) is 51.4 Å². The van der Waals surface area contributed by atoms with Crippen LogP contribution in [0, 0.1) is 5.21 Å². The molecule has 0 aromatic carbocycles. The molecule has 0 heterocycles. The van der Waals surface area contributed by atoms with E-state index in [0.717, 1.165) is 19.3 Å². The van der Waals surface area contributed by atoms with Crippen molar-refractivity contribution in [2.24, 2.45) is 0 Å². The van der Waals surface area contributed by atoms with Crippen LogP contribution >= 0.6 is 0 Å². The first kappa shape index (κ1) is 19.8. The largest absolute Gasteiger partial charge is 0.564 e. The molecule has 0 aliphatic rings. The molecule has 1 atom stereocenters. The fraction of sp³-hybridized carbons (Fsp3) is 1.00. The number of hydroxylamine groups is 3. The van der Waals surface area contributed by atoms with Gasteiger partial charge in [0.25, 0.3) is 0 Å². The molecule has 2 N–H and O–H groups in total. The third kappa shape index (κ3) is 11.6. The summed E-state index contributed by atoms with van der Waals surface area (Å²) in [5.41, 5.74) is 0. The van der Waals surface area contributed by atoms with Gasteiger partial charge in [0.15, 0.2) is 6.04 Å². The van der Waals surface area contributed by atoms with Crippen molar-refractivity contribution in [1.82, 2.24) is 0 Å². The SMILES string of the molecule is CCCCCCCCCCCCC(CCC)[N+]([O-])(O)O. The van der Waals surface area contributed by atoms with Crippen LogP contribution in [-0.4, -0.2) is 21.4 Å². The van der Waals surface area contributed by atoms with Crippen molar-refractivity contribution >= 4 is 0 Å². The monoisotopic (exact) mass is 289 g/mol. The molecule has 0 aromatic rings. The number of hydrogen-bond acceptors (Lipinski definition) is 3. The van der Waals surface area contributed by atoms with Crippen LogP contribution in [0.25, 0.3) is 0 Å². The second-order valence-electron chi connectivity index (χ2n) is 6.00. The van der Waals surface area contributed by atoms with Gasteiger partial charge in [0.05, 0.1) is 0 Å². The van der Waals surface area contributed by atoms with Crippen molar-refractivity contribution < 1.29 is 15.4 Å². The fourth-order valence-electron chi connectivity index (χ4n) is 2.68. The summed E-state index contributed by atoms with van der Waals surface area (Å²) in [6.45, 7) is 4.20. The summed E-state index contributed by atoms with van der Waals surface area (Å²) in [4.78, 5) is -2.11. The third-order valence-corrected chi connectivity index (χ3v) is 3.99. The first-order valence-electron chi connectivity index (χ1n) is 8.57. The molecule has 0 rings (SSSR count). The number of rotatable bonds is 14. The molecule has 0 spiro atoms. The lowest BCUT2D eigenvalue weighted by molar-refractivity contribution is -1.23. The van der Waals surface area contributed by atoms with Crippen LogP contribution in [0.1, 0.15) is 97.3 Å². The van der Waals surface area contributed by atoms with Gasteiger partial charge in [-0.25, -0.2) is 0 Å². The van der Waals surface area contributed by atoms with E-state index < -0.39 is 11.0 Å². The van der Waals surface area contributed by atoms with Crippen molar-refractivity contribution in [3.05, 3.63) is 5.21 Å². The van der Waals surface area contributed by atoms with E-state index in [9.17, 15) is 5.21 Å². The Balaban J connectivity index is 3.41. The summed E-state index contributed by atoms with van der Waals surface area (Å²) in [6, 6.07) is -0.575. The smallest absolute Gasteiger partial charge is 0.152 e. The van der Waals surface area contributed by atoms with E-state index in [-0.39, 0.29) is 0 Å². The highest BCUT2D eigenvalue weighted by atomic mass is 17.1. The highest BCUT2D eigenvalue weighted by Gasteiger charge is 2.24. The zero-order valence-electron chi connectivity index (χ0n) is 13.5. The van der Waals surface area contributed by atoms with Gasteiger partial charge in [-0.1, -0.05) is 83.0 Å². The van der Waals surface area contributed by atoms with Gasteiger partial charge in [0, 0.05) is 12.8 Å². The zero-order valence-corrected chi connectivity index (χ0v) is 13.5. The van der Waals surface area contributed by atoms with Gasteiger partial charge in [0.2, 0.25) is 0 Å². The number of nitrogens with zero attached hydrogens (tertiary/aromatic N) is 1. The van der Waals surface area contributed by atoms with Crippen LogP contribution in [0.5, 0.6) is 0 Å². The molecular weight excluding hydrogens is 254 g/mol. The van der Waals surface area contributed by atoms with E-state index >= 15 is 0 Å². The molecule has 0 saturated heterocycles. The standard InChI is InChI=1S/C16H35NO3/c1-3-5-6-7-8-9-10-11-12-13-15-16(14-4-2)17(18,19)20/h16,18-19H,3-15H2,1-2H3. The van der Waals surface area contributed by atoms with Gasteiger partial charge in [-0.05, 0) is 6.42 Å². The van der Waals surface area contributed by atoms with E-state index in [1.54, 1.807) is 0 Å². The third-order valence-electron chi connectivity index (χ3n) is 3.99. The lowest BCUT2D eigenvalue weighted by atomic mass is 10.0. The molecule has 122 valence electrons. The molecule has 0 fully saturated rings. The van der Waals surface area contributed by atoms with E-state index in [0.29, 0.717) is 12.8 Å². The van der Waals surface area contributed by atoms with Crippen molar-refractivity contribution in [3.63, 3.8) is 0 Å². The summed E-state index contributed by atoms with van der Waals surface area (Å²) in [7, 11) is 0. The van der Waals surface area contributed by atoms with Crippen molar-refractivity contribution in [3.8, 4) is 0 Å². The van der Waals surface area contributed by atoms with Gasteiger partial charge in [-0.15, -0.1) is 0 Å². The van der Waals surface area contributed by atoms with Crippen LogP contribution in [0.2, 0.25) is 0 Å².